The van der Waals surface area contributed by atoms with Crippen molar-refractivity contribution >= 4 is 5.91 Å². The zero-order chi connectivity index (χ0) is 18.4. The van der Waals surface area contributed by atoms with E-state index < -0.39 is 18.6 Å². The average molecular weight is 352 g/mol. The first-order valence-corrected chi connectivity index (χ1v) is 8.42. The Morgan fingerprint density at radius 1 is 1.32 bits per heavy atom. The highest BCUT2D eigenvalue weighted by Gasteiger charge is 2.31. The van der Waals surface area contributed by atoms with Gasteiger partial charge in [0, 0.05) is 0 Å². The van der Waals surface area contributed by atoms with E-state index in [-0.39, 0.29) is 19.1 Å². The second kappa shape index (κ2) is 8.39. The molecule has 1 aromatic rings. The minimum atomic E-state index is -4.39. The molecule has 1 atom stereocenters. The van der Waals surface area contributed by atoms with Crippen LogP contribution in [0, 0.1) is 12.3 Å². The van der Waals surface area contributed by atoms with Crippen LogP contribution in [0.4, 0.5) is 13.2 Å². The minimum Gasteiger partial charge on any atom is -0.348 e. The normalized spacial score (nSPS) is 15.4. The van der Waals surface area contributed by atoms with E-state index in [1.165, 1.54) is 17.5 Å². The number of carbonyl (C=O) groups is 1. The third-order valence-electron chi connectivity index (χ3n) is 4.34. The number of hydrogen-bond acceptors (Lipinski definition) is 2. The van der Waals surface area contributed by atoms with Gasteiger partial charge in [0.25, 0.3) is 0 Å². The summed E-state index contributed by atoms with van der Waals surface area (Å²) >= 11 is 0. The molecule has 25 heavy (non-hydrogen) atoms. The van der Waals surface area contributed by atoms with Crippen LogP contribution >= 0.6 is 0 Å². The number of halogens is 3. The number of rotatable bonds is 6. The molecule has 6 heteroatoms. The van der Waals surface area contributed by atoms with Crippen LogP contribution in [0.1, 0.15) is 42.5 Å². The molecule has 0 saturated heterocycles. The number of aryl methyl sites for hydroxylation is 2. The SMILES string of the molecule is C#CCN(CC(=O)NC(C)c1ccc2c(c1)CCCC2)CC(F)(F)F. The van der Waals surface area contributed by atoms with Crippen molar-refractivity contribution in [3.05, 3.63) is 34.9 Å². The average Bonchev–Trinajstić information content (AvgIpc) is 2.52. The fourth-order valence-electron chi connectivity index (χ4n) is 3.15. The zero-order valence-electron chi connectivity index (χ0n) is 14.3. The standard InChI is InChI=1S/C19H23F3N2O/c1-3-10-24(13-19(20,21)22)12-18(25)23-14(2)16-9-8-15-6-4-5-7-17(15)11-16/h1,8-9,11,14H,4-7,10,12-13H2,2H3,(H,23,25). The van der Waals surface area contributed by atoms with Crippen molar-refractivity contribution in [3.8, 4) is 12.3 Å². The fraction of sp³-hybridized carbons (Fsp3) is 0.526. The molecule has 136 valence electrons. The lowest BCUT2D eigenvalue weighted by atomic mass is 9.89. The van der Waals surface area contributed by atoms with Crippen molar-refractivity contribution in [1.82, 2.24) is 10.2 Å². The molecule has 1 aliphatic rings. The molecule has 1 unspecified atom stereocenters. The molecule has 0 radical (unpaired) electrons. The van der Waals surface area contributed by atoms with E-state index in [0.29, 0.717) is 0 Å². The molecule has 1 aromatic carbocycles. The van der Waals surface area contributed by atoms with Crippen molar-refractivity contribution < 1.29 is 18.0 Å². The van der Waals surface area contributed by atoms with Gasteiger partial charge in [-0.15, -0.1) is 6.42 Å². The van der Waals surface area contributed by atoms with E-state index in [0.717, 1.165) is 29.7 Å². The summed E-state index contributed by atoms with van der Waals surface area (Å²) in [7, 11) is 0. The molecule has 1 amide bonds. The number of terminal acetylenes is 1. The van der Waals surface area contributed by atoms with Crippen molar-refractivity contribution in [2.45, 2.75) is 44.8 Å². The van der Waals surface area contributed by atoms with Crippen LogP contribution in [0.2, 0.25) is 0 Å². The van der Waals surface area contributed by atoms with E-state index >= 15 is 0 Å². The fourth-order valence-corrected chi connectivity index (χ4v) is 3.15. The van der Waals surface area contributed by atoms with E-state index in [1.807, 2.05) is 13.0 Å². The van der Waals surface area contributed by atoms with Crippen LogP contribution in [0.5, 0.6) is 0 Å². The number of amides is 1. The smallest absolute Gasteiger partial charge is 0.348 e. The van der Waals surface area contributed by atoms with Gasteiger partial charge in [-0.25, -0.2) is 0 Å². The van der Waals surface area contributed by atoms with E-state index in [9.17, 15) is 18.0 Å². The quantitative estimate of drug-likeness (QED) is 0.797. The molecule has 0 spiro atoms. The maximum Gasteiger partial charge on any atom is 0.401 e. The summed E-state index contributed by atoms with van der Waals surface area (Å²) in [6, 6.07) is 5.89. The molecular weight excluding hydrogens is 329 g/mol. The second-order valence-corrected chi connectivity index (χ2v) is 6.49. The van der Waals surface area contributed by atoms with Crippen LogP contribution in [-0.2, 0) is 17.6 Å². The van der Waals surface area contributed by atoms with Crippen LogP contribution in [0.3, 0.4) is 0 Å². The summed E-state index contributed by atoms with van der Waals surface area (Å²) in [5.74, 6) is 1.69. The maximum absolute atomic E-state index is 12.5. The monoisotopic (exact) mass is 352 g/mol. The van der Waals surface area contributed by atoms with Crippen LogP contribution in [-0.4, -0.2) is 36.6 Å². The second-order valence-electron chi connectivity index (χ2n) is 6.49. The minimum absolute atomic E-state index is 0.222. The Bertz CT molecular complexity index is 649. The Balaban J connectivity index is 1.95. The van der Waals surface area contributed by atoms with E-state index in [1.54, 1.807) is 0 Å². The number of fused-ring (bicyclic) bond motifs is 1. The van der Waals surface area contributed by atoms with Gasteiger partial charge in [0.2, 0.25) is 5.91 Å². The molecule has 0 aromatic heterocycles. The number of hydrogen-bond donors (Lipinski definition) is 1. The molecule has 1 N–H and O–H groups in total. The maximum atomic E-state index is 12.5. The summed E-state index contributed by atoms with van der Waals surface area (Å²) in [5.41, 5.74) is 3.61. The number of nitrogens with zero attached hydrogens (tertiary/aromatic N) is 1. The first-order valence-electron chi connectivity index (χ1n) is 8.42. The van der Waals surface area contributed by atoms with Crippen LogP contribution in [0.25, 0.3) is 0 Å². The van der Waals surface area contributed by atoms with Crippen molar-refractivity contribution in [1.29, 1.82) is 0 Å². The third kappa shape index (κ3) is 6.09. The van der Waals surface area contributed by atoms with Gasteiger partial charge in [0.15, 0.2) is 0 Å². The highest BCUT2D eigenvalue weighted by Crippen LogP contribution is 2.24. The Morgan fingerprint density at radius 2 is 2.00 bits per heavy atom. The van der Waals surface area contributed by atoms with Gasteiger partial charge >= 0.3 is 6.18 Å². The lowest BCUT2D eigenvalue weighted by Gasteiger charge is -2.23. The number of carbonyl (C=O) groups excluding carboxylic acids is 1. The molecule has 2 rings (SSSR count). The predicted molar refractivity (Wildman–Crippen MR) is 91.0 cm³/mol. The first-order chi connectivity index (χ1) is 11.8. The summed E-state index contributed by atoms with van der Waals surface area (Å²) in [6.07, 6.45) is 5.17. The Kier molecular flexibility index (Phi) is 6.49. The number of nitrogens with one attached hydrogen (secondary N) is 1. The molecule has 1 aliphatic carbocycles. The number of benzene rings is 1. The van der Waals surface area contributed by atoms with Crippen molar-refractivity contribution in [3.63, 3.8) is 0 Å². The highest BCUT2D eigenvalue weighted by atomic mass is 19.4. The molecular formula is C19H23F3N2O. The summed E-state index contributed by atoms with van der Waals surface area (Å²) < 4.78 is 37.6. The molecule has 3 nitrogen and oxygen atoms in total. The molecule has 0 bridgehead atoms. The Hall–Kier alpha value is -2.00. The Labute approximate surface area is 146 Å². The van der Waals surface area contributed by atoms with Gasteiger partial charge in [-0.1, -0.05) is 24.1 Å². The lowest BCUT2D eigenvalue weighted by Crippen LogP contribution is -2.42. The summed E-state index contributed by atoms with van der Waals surface area (Å²) in [6.45, 7) is 0.0364. The van der Waals surface area contributed by atoms with Gasteiger partial charge in [0.05, 0.1) is 25.7 Å². The van der Waals surface area contributed by atoms with Gasteiger partial charge in [-0.05, 0) is 49.3 Å². The molecule has 0 aliphatic heterocycles. The van der Waals surface area contributed by atoms with Gasteiger partial charge in [-0.2, -0.15) is 13.2 Å². The largest absolute Gasteiger partial charge is 0.401 e. The van der Waals surface area contributed by atoms with Gasteiger partial charge in [-0.3, -0.25) is 9.69 Å². The predicted octanol–water partition coefficient (Wildman–Crippen LogP) is 3.24. The van der Waals surface area contributed by atoms with Gasteiger partial charge < -0.3 is 5.32 Å². The first kappa shape index (κ1) is 19.3. The third-order valence-corrected chi connectivity index (χ3v) is 4.34. The summed E-state index contributed by atoms with van der Waals surface area (Å²) in [5, 5.41) is 2.76. The summed E-state index contributed by atoms with van der Waals surface area (Å²) in [4.78, 5) is 13.0. The van der Waals surface area contributed by atoms with E-state index in [4.69, 9.17) is 6.42 Å². The molecule has 0 heterocycles. The number of alkyl halides is 3. The topological polar surface area (TPSA) is 32.3 Å². The van der Waals surface area contributed by atoms with Crippen LogP contribution in [0.15, 0.2) is 18.2 Å². The zero-order valence-corrected chi connectivity index (χ0v) is 14.3. The highest BCUT2D eigenvalue weighted by molar-refractivity contribution is 5.78. The lowest BCUT2D eigenvalue weighted by molar-refractivity contribution is -0.147. The Morgan fingerprint density at radius 3 is 2.64 bits per heavy atom. The van der Waals surface area contributed by atoms with Crippen molar-refractivity contribution in [2.24, 2.45) is 0 Å². The van der Waals surface area contributed by atoms with E-state index in [2.05, 4.69) is 23.4 Å². The van der Waals surface area contributed by atoms with Gasteiger partial charge in [0.1, 0.15) is 0 Å². The molecule has 0 fully saturated rings. The molecule has 0 saturated carbocycles. The van der Waals surface area contributed by atoms with Crippen molar-refractivity contribution in [2.75, 3.05) is 19.6 Å². The van der Waals surface area contributed by atoms with Crippen LogP contribution < -0.4 is 5.32 Å².